The zero-order valence-corrected chi connectivity index (χ0v) is 18.2. The van der Waals surface area contributed by atoms with Crippen LogP contribution in [0.3, 0.4) is 0 Å². The van der Waals surface area contributed by atoms with Crippen molar-refractivity contribution in [3.05, 3.63) is 89.0 Å². The summed E-state index contributed by atoms with van der Waals surface area (Å²) >= 11 is 1.80. The van der Waals surface area contributed by atoms with Crippen molar-refractivity contribution in [1.82, 2.24) is 0 Å². The van der Waals surface area contributed by atoms with Crippen molar-refractivity contribution in [2.45, 2.75) is 25.0 Å². The lowest BCUT2D eigenvalue weighted by molar-refractivity contribution is 0.345. The first kappa shape index (κ1) is 21.1. The van der Waals surface area contributed by atoms with Gasteiger partial charge in [-0.25, -0.2) is 0 Å². The lowest BCUT2D eigenvalue weighted by atomic mass is 9.99. The molecule has 3 aromatic rings. The number of hydrogen-bond donors (Lipinski definition) is 1. The maximum absolute atomic E-state index is 10.9. The Morgan fingerprint density at radius 2 is 1.41 bits per heavy atom. The fourth-order valence-corrected chi connectivity index (χ4v) is 4.99. The second-order valence-corrected chi connectivity index (χ2v) is 8.27. The topological polar surface area (TPSA) is 38.7 Å². The second-order valence-electron chi connectivity index (χ2n) is 7.13. The lowest BCUT2D eigenvalue weighted by Gasteiger charge is -2.25. The van der Waals surface area contributed by atoms with E-state index in [-0.39, 0.29) is 11.0 Å². The number of hydrogen-bond acceptors (Lipinski definition) is 4. The van der Waals surface area contributed by atoms with E-state index in [1.807, 2.05) is 31.2 Å². The van der Waals surface area contributed by atoms with Gasteiger partial charge >= 0.3 is 0 Å². The van der Waals surface area contributed by atoms with E-state index >= 15 is 0 Å². The predicted octanol–water partition coefficient (Wildman–Crippen LogP) is 6.34. The first-order chi connectivity index (χ1) is 14.1. The number of phenols is 1. The first-order valence-corrected chi connectivity index (χ1v) is 10.8. The van der Waals surface area contributed by atoms with Gasteiger partial charge in [0.05, 0.1) is 25.0 Å². The summed E-state index contributed by atoms with van der Waals surface area (Å²) in [5, 5.41) is 10.8. The molecule has 0 radical (unpaired) electrons. The summed E-state index contributed by atoms with van der Waals surface area (Å²) in [5.74, 6) is 2.78. The molecule has 2 atom stereocenters. The molecule has 0 aliphatic heterocycles. The monoisotopic (exact) mass is 408 g/mol. The van der Waals surface area contributed by atoms with Gasteiger partial charge in [-0.1, -0.05) is 67.6 Å². The largest absolute Gasteiger partial charge is 0.507 e. The number of rotatable bonds is 8. The summed E-state index contributed by atoms with van der Waals surface area (Å²) in [6.07, 6.45) is 0. The third-order valence-corrected chi connectivity index (χ3v) is 6.63. The van der Waals surface area contributed by atoms with Gasteiger partial charge in [-0.3, -0.25) is 0 Å². The number of methoxy groups -OCH3 is 2. The Morgan fingerprint density at radius 3 is 1.97 bits per heavy atom. The highest BCUT2D eigenvalue weighted by Crippen LogP contribution is 2.50. The molecule has 0 spiro atoms. The van der Waals surface area contributed by atoms with Crippen molar-refractivity contribution in [3.8, 4) is 17.2 Å². The summed E-state index contributed by atoms with van der Waals surface area (Å²) in [6.45, 7) is 4.14. The van der Waals surface area contributed by atoms with Gasteiger partial charge in [0.1, 0.15) is 5.75 Å². The summed E-state index contributed by atoms with van der Waals surface area (Å²) < 4.78 is 11.3. The number of ether oxygens (including phenoxy) is 2. The minimum atomic E-state index is -0.0770. The summed E-state index contributed by atoms with van der Waals surface area (Å²) in [4.78, 5) is 0. The fraction of sp³-hybridized carbons (Fsp3) is 0.280. The Hall–Kier alpha value is -2.59. The molecule has 0 aliphatic rings. The van der Waals surface area contributed by atoms with Crippen molar-refractivity contribution in [2.24, 2.45) is 0 Å². The summed E-state index contributed by atoms with van der Waals surface area (Å²) in [7, 11) is 3.26. The van der Waals surface area contributed by atoms with E-state index in [4.69, 9.17) is 9.47 Å². The van der Waals surface area contributed by atoms with Crippen molar-refractivity contribution >= 4 is 11.8 Å². The van der Waals surface area contributed by atoms with Crippen LogP contribution in [0.1, 0.15) is 40.3 Å². The van der Waals surface area contributed by atoms with Crippen LogP contribution in [0.15, 0.2) is 66.7 Å². The van der Waals surface area contributed by atoms with Gasteiger partial charge in [0.25, 0.3) is 0 Å². The average Bonchev–Trinajstić information content (AvgIpc) is 2.75. The van der Waals surface area contributed by atoms with Crippen LogP contribution in [0.2, 0.25) is 0 Å². The van der Waals surface area contributed by atoms with Crippen molar-refractivity contribution in [2.75, 3.05) is 20.0 Å². The lowest BCUT2D eigenvalue weighted by Crippen LogP contribution is -2.06. The molecule has 3 nitrogen and oxygen atoms in total. The summed E-state index contributed by atoms with van der Waals surface area (Å²) in [5.41, 5.74) is 4.04. The Balaban J connectivity index is 2.01. The number of thioether (sulfide) groups is 1. The van der Waals surface area contributed by atoms with Gasteiger partial charge in [0.15, 0.2) is 11.5 Å². The van der Waals surface area contributed by atoms with E-state index in [2.05, 4.69) is 43.3 Å². The molecule has 3 aromatic carbocycles. The van der Waals surface area contributed by atoms with E-state index in [0.29, 0.717) is 17.4 Å². The standard InChI is InChI=1S/C25H28O3S/c1-17-15-21(26)22(24(28-4)23(17)27-3)25(20-13-9-6-10-14-20)29-16-18(2)19-11-7-5-8-12-19/h5-15,18,25-26H,16H2,1-4H3. The molecule has 2 unspecified atom stereocenters. The zero-order chi connectivity index (χ0) is 20.8. The number of aryl methyl sites for hydroxylation is 1. The second kappa shape index (κ2) is 9.75. The molecule has 0 fully saturated rings. The smallest absolute Gasteiger partial charge is 0.169 e. The SMILES string of the molecule is COc1c(C)cc(O)c(C(SCC(C)c2ccccc2)c2ccccc2)c1OC. The summed E-state index contributed by atoms with van der Waals surface area (Å²) in [6, 6.07) is 22.5. The van der Waals surface area contributed by atoms with Gasteiger partial charge in [0, 0.05) is 5.75 Å². The van der Waals surface area contributed by atoms with Crippen LogP contribution in [0.25, 0.3) is 0 Å². The molecule has 0 amide bonds. The minimum Gasteiger partial charge on any atom is -0.507 e. The van der Waals surface area contributed by atoms with Crippen molar-refractivity contribution < 1.29 is 14.6 Å². The van der Waals surface area contributed by atoms with Gasteiger partial charge in [0.2, 0.25) is 0 Å². The molecule has 0 heterocycles. The molecule has 152 valence electrons. The number of benzene rings is 3. The molecule has 4 heteroatoms. The van der Waals surface area contributed by atoms with Crippen LogP contribution in [-0.4, -0.2) is 25.1 Å². The van der Waals surface area contributed by atoms with Crippen LogP contribution in [-0.2, 0) is 0 Å². The highest BCUT2D eigenvalue weighted by molar-refractivity contribution is 7.99. The Kier molecular flexibility index (Phi) is 7.10. The first-order valence-electron chi connectivity index (χ1n) is 9.72. The predicted molar refractivity (Wildman–Crippen MR) is 122 cm³/mol. The van der Waals surface area contributed by atoms with E-state index in [1.54, 1.807) is 32.0 Å². The highest BCUT2D eigenvalue weighted by Gasteiger charge is 2.27. The number of aromatic hydroxyl groups is 1. The normalized spacial score (nSPS) is 13.0. The van der Waals surface area contributed by atoms with Crippen LogP contribution >= 0.6 is 11.8 Å². The fourth-order valence-electron chi connectivity index (χ4n) is 3.57. The molecule has 0 saturated carbocycles. The van der Waals surface area contributed by atoms with Gasteiger partial charge < -0.3 is 14.6 Å². The van der Waals surface area contributed by atoms with Crippen LogP contribution < -0.4 is 9.47 Å². The molecular formula is C25H28O3S. The van der Waals surface area contributed by atoms with E-state index in [1.165, 1.54) is 5.56 Å². The Bertz CT molecular complexity index is 926. The molecule has 3 rings (SSSR count). The maximum Gasteiger partial charge on any atom is 0.169 e. The Labute approximate surface area is 177 Å². The van der Waals surface area contributed by atoms with Crippen LogP contribution in [0.4, 0.5) is 0 Å². The molecule has 1 N–H and O–H groups in total. The molecular weight excluding hydrogens is 380 g/mol. The van der Waals surface area contributed by atoms with Crippen molar-refractivity contribution in [1.29, 1.82) is 0 Å². The van der Waals surface area contributed by atoms with Gasteiger partial charge in [-0.2, -0.15) is 0 Å². The van der Waals surface area contributed by atoms with Crippen LogP contribution in [0.5, 0.6) is 17.2 Å². The molecule has 0 aliphatic carbocycles. The number of phenolic OH excluding ortho intramolecular Hbond substituents is 1. The van der Waals surface area contributed by atoms with E-state index < -0.39 is 0 Å². The quantitative estimate of drug-likeness (QED) is 0.472. The Morgan fingerprint density at radius 1 is 0.862 bits per heavy atom. The molecule has 0 saturated heterocycles. The average molecular weight is 409 g/mol. The maximum atomic E-state index is 10.9. The highest BCUT2D eigenvalue weighted by atomic mass is 32.2. The third-order valence-electron chi connectivity index (χ3n) is 5.09. The van der Waals surface area contributed by atoms with E-state index in [9.17, 15) is 5.11 Å². The van der Waals surface area contributed by atoms with Crippen molar-refractivity contribution in [3.63, 3.8) is 0 Å². The van der Waals surface area contributed by atoms with E-state index in [0.717, 1.165) is 22.4 Å². The zero-order valence-electron chi connectivity index (χ0n) is 17.4. The van der Waals surface area contributed by atoms with Gasteiger partial charge in [-0.15, -0.1) is 11.8 Å². The molecule has 0 bridgehead atoms. The van der Waals surface area contributed by atoms with Gasteiger partial charge in [-0.05, 0) is 35.6 Å². The molecule has 29 heavy (non-hydrogen) atoms. The molecule has 0 aromatic heterocycles. The van der Waals surface area contributed by atoms with Crippen LogP contribution in [0, 0.1) is 6.92 Å². The minimum absolute atomic E-state index is 0.0770. The third kappa shape index (κ3) is 4.70.